The second-order valence-electron chi connectivity index (χ2n) is 11.1. The highest BCUT2D eigenvalue weighted by Gasteiger charge is 2.40. The molecule has 9 heteroatoms. The van der Waals surface area contributed by atoms with E-state index in [1.165, 1.54) is 0 Å². The Hall–Kier alpha value is 0.248. The number of ether oxygens (including phenoxy) is 1. The Morgan fingerprint density at radius 1 is 0.741 bits per heavy atom. The summed E-state index contributed by atoms with van der Waals surface area (Å²) in [4.78, 5) is 0. The van der Waals surface area contributed by atoms with E-state index in [1.54, 1.807) is 0 Å². The zero-order valence-electron chi connectivity index (χ0n) is 19.6. The third-order valence-corrected chi connectivity index (χ3v) is 7.06. The van der Waals surface area contributed by atoms with Crippen molar-refractivity contribution in [3.8, 4) is 0 Å². The van der Waals surface area contributed by atoms with Crippen LogP contribution in [0.3, 0.4) is 0 Å². The molecule has 0 N–H and O–H groups in total. The van der Waals surface area contributed by atoms with E-state index in [-0.39, 0.29) is 12.2 Å². The van der Waals surface area contributed by atoms with Crippen LogP contribution in [0.2, 0.25) is 78.6 Å². The summed E-state index contributed by atoms with van der Waals surface area (Å²) < 4.78 is 31.7. The molecule has 0 aromatic rings. The highest BCUT2D eigenvalue weighted by atomic mass is 28.4. The second-order valence-corrected chi connectivity index (χ2v) is 29.0. The first-order valence-corrected chi connectivity index (χ1v) is 23.5. The van der Waals surface area contributed by atoms with Crippen LogP contribution in [0.4, 0.5) is 0 Å². The lowest BCUT2D eigenvalue weighted by Crippen LogP contribution is -2.51. The van der Waals surface area contributed by atoms with E-state index in [0.717, 1.165) is 5.76 Å². The van der Waals surface area contributed by atoms with Gasteiger partial charge in [-0.25, -0.2) is 0 Å². The van der Waals surface area contributed by atoms with Crippen molar-refractivity contribution in [3.63, 3.8) is 0 Å². The van der Waals surface area contributed by atoms with Gasteiger partial charge in [-0.2, -0.15) is 0 Å². The monoisotopic (exact) mass is 450 g/mol. The maximum atomic E-state index is 6.41. The van der Waals surface area contributed by atoms with Crippen molar-refractivity contribution >= 4 is 33.3 Å². The van der Waals surface area contributed by atoms with Gasteiger partial charge in [0, 0.05) is 0 Å². The molecular weight excluding hydrogens is 409 g/mol. The topological polar surface area (TPSA) is 46.2 Å². The molecule has 3 unspecified atom stereocenters. The summed E-state index contributed by atoms with van der Waals surface area (Å²) >= 11 is 0. The summed E-state index contributed by atoms with van der Waals surface area (Å²) in [5, 5.41) is 0. The average molecular weight is 451 g/mol. The molecule has 0 spiro atoms. The van der Waals surface area contributed by atoms with Crippen LogP contribution in [0.1, 0.15) is 0 Å². The van der Waals surface area contributed by atoms with Crippen LogP contribution in [0.15, 0.2) is 11.8 Å². The summed E-state index contributed by atoms with van der Waals surface area (Å²) in [7, 11) is -7.03. The Labute approximate surface area is 171 Å². The van der Waals surface area contributed by atoms with E-state index in [4.69, 9.17) is 22.4 Å². The Morgan fingerprint density at radius 2 is 1.26 bits per heavy atom. The molecule has 3 atom stereocenters. The molecule has 0 saturated heterocycles. The van der Waals surface area contributed by atoms with Crippen LogP contribution in [0.25, 0.3) is 0 Å². The molecule has 0 aromatic carbocycles. The fraction of sp³-hybridized carbons (Fsp3) is 0.889. The van der Waals surface area contributed by atoms with E-state index in [1.807, 2.05) is 0 Å². The van der Waals surface area contributed by atoms with Gasteiger partial charge in [-0.1, -0.05) is 0 Å². The molecule has 0 aromatic heterocycles. The molecule has 0 amide bonds. The van der Waals surface area contributed by atoms with Crippen molar-refractivity contribution in [2.24, 2.45) is 0 Å². The van der Waals surface area contributed by atoms with Gasteiger partial charge in [0.25, 0.3) is 0 Å². The van der Waals surface area contributed by atoms with Gasteiger partial charge in [0.2, 0.25) is 8.32 Å². The van der Waals surface area contributed by atoms with Crippen LogP contribution in [-0.4, -0.2) is 58.4 Å². The molecule has 0 bridgehead atoms. The molecule has 1 heterocycles. The Balaban J connectivity index is 3.18. The maximum Gasteiger partial charge on any atom is 0.241 e. The van der Waals surface area contributed by atoms with Crippen molar-refractivity contribution in [2.75, 3.05) is 6.61 Å². The molecule has 27 heavy (non-hydrogen) atoms. The normalized spacial score (nSPS) is 25.3. The van der Waals surface area contributed by atoms with Crippen molar-refractivity contribution in [2.45, 2.75) is 97.1 Å². The van der Waals surface area contributed by atoms with Crippen LogP contribution in [0, 0.1) is 0 Å². The maximum absolute atomic E-state index is 6.41. The predicted molar refractivity (Wildman–Crippen MR) is 123 cm³/mol. The first-order valence-electron chi connectivity index (χ1n) is 9.90. The zero-order valence-corrected chi connectivity index (χ0v) is 23.6. The highest BCUT2D eigenvalue weighted by Crippen LogP contribution is 2.30. The zero-order chi connectivity index (χ0) is 21.3. The van der Waals surface area contributed by atoms with Crippen LogP contribution in [0.5, 0.6) is 0 Å². The van der Waals surface area contributed by atoms with Gasteiger partial charge in [-0.05, 0) is 84.6 Å². The van der Waals surface area contributed by atoms with Gasteiger partial charge in [0.15, 0.2) is 31.2 Å². The Morgan fingerprint density at radius 3 is 1.67 bits per heavy atom. The standard InChI is InChI=1S/C18H42O5Si4/c1-24(2,3)19-14-17-15(21-25(4,5)6)13-16(22-26(7,8)9)18(20-17)23-27(10,11)12/h13,16-18H,14H2,1-12H3. The quantitative estimate of drug-likeness (QED) is 0.442. The summed E-state index contributed by atoms with van der Waals surface area (Å²) in [6.45, 7) is 26.7. The van der Waals surface area contributed by atoms with E-state index >= 15 is 0 Å². The minimum Gasteiger partial charge on any atom is -0.545 e. The minimum atomic E-state index is -1.80. The van der Waals surface area contributed by atoms with Crippen LogP contribution in [-0.2, 0) is 22.4 Å². The molecule has 0 fully saturated rings. The average Bonchev–Trinajstić information content (AvgIpc) is 2.34. The SMILES string of the molecule is C[Si](C)(C)OCC1OC(O[Si](C)(C)C)C(O[Si](C)(C)C)C=C1O[Si](C)(C)C. The Bertz CT molecular complexity index is 512. The first kappa shape index (κ1) is 25.3. The number of hydrogen-bond donors (Lipinski definition) is 0. The molecule has 5 nitrogen and oxygen atoms in total. The fourth-order valence-electron chi connectivity index (χ4n) is 2.50. The lowest BCUT2D eigenvalue weighted by molar-refractivity contribution is -0.175. The smallest absolute Gasteiger partial charge is 0.241 e. The molecule has 160 valence electrons. The summed E-state index contributed by atoms with van der Waals surface area (Å²) in [5.74, 6) is 0.853. The van der Waals surface area contributed by atoms with Crippen molar-refractivity contribution in [1.82, 2.24) is 0 Å². The summed E-state index contributed by atoms with van der Waals surface area (Å²) in [5.41, 5.74) is 0. The lowest BCUT2D eigenvalue weighted by Gasteiger charge is -2.42. The first-order chi connectivity index (χ1) is 11.8. The highest BCUT2D eigenvalue weighted by molar-refractivity contribution is 6.71. The van der Waals surface area contributed by atoms with Gasteiger partial charge in [0.05, 0.1) is 6.61 Å². The Kier molecular flexibility index (Phi) is 8.38. The summed E-state index contributed by atoms with van der Waals surface area (Å²) in [6, 6.07) is 0. The minimum absolute atomic E-state index is 0.238. The third-order valence-electron chi connectivity index (χ3n) is 3.26. The van der Waals surface area contributed by atoms with Crippen molar-refractivity contribution in [1.29, 1.82) is 0 Å². The van der Waals surface area contributed by atoms with Crippen molar-refractivity contribution < 1.29 is 22.4 Å². The van der Waals surface area contributed by atoms with Crippen LogP contribution < -0.4 is 0 Å². The van der Waals surface area contributed by atoms with E-state index < -0.39 is 39.6 Å². The van der Waals surface area contributed by atoms with Gasteiger partial charge in [-0.15, -0.1) is 0 Å². The van der Waals surface area contributed by atoms with Gasteiger partial charge in [0.1, 0.15) is 18.0 Å². The molecule has 1 aliphatic heterocycles. The van der Waals surface area contributed by atoms with Gasteiger partial charge >= 0.3 is 0 Å². The molecule has 1 rings (SSSR count). The van der Waals surface area contributed by atoms with Crippen LogP contribution >= 0.6 is 0 Å². The van der Waals surface area contributed by atoms with E-state index in [9.17, 15) is 0 Å². The molecule has 0 radical (unpaired) electrons. The predicted octanol–water partition coefficient (Wildman–Crippen LogP) is 5.37. The number of hydrogen-bond acceptors (Lipinski definition) is 5. The van der Waals surface area contributed by atoms with E-state index in [2.05, 4.69) is 84.6 Å². The second kappa shape index (κ2) is 8.95. The molecule has 0 saturated carbocycles. The van der Waals surface area contributed by atoms with Crippen molar-refractivity contribution in [3.05, 3.63) is 11.8 Å². The van der Waals surface area contributed by atoms with E-state index in [0.29, 0.717) is 6.61 Å². The largest absolute Gasteiger partial charge is 0.545 e. The summed E-state index contributed by atoms with van der Waals surface area (Å²) in [6.07, 6.45) is 1.21. The molecule has 1 aliphatic rings. The van der Waals surface area contributed by atoms with Gasteiger partial charge in [-0.3, -0.25) is 0 Å². The molecular formula is C18H42O5Si4. The third kappa shape index (κ3) is 11.1. The van der Waals surface area contributed by atoms with Gasteiger partial charge < -0.3 is 22.4 Å². The number of rotatable bonds is 9. The fourth-order valence-corrected chi connectivity index (χ4v) is 5.94. The molecule has 0 aliphatic carbocycles. The lowest BCUT2D eigenvalue weighted by atomic mass is 10.2.